The fourth-order valence-electron chi connectivity index (χ4n) is 3.19. The minimum atomic E-state index is -0.558. The molecule has 6 nitrogen and oxygen atoms in total. The summed E-state index contributed by atoms with van der Waals surface area (Å²) in [6, 6.07) is 6.85. The van der Waals surface area contributed by atoms with Gasteiger partial charge in [0.25, 0.3) is 11.5 Å². The van der Waals surface area contributed by atoms with Gasteiger partial charge < -0.3 is 9.67 Å². The number of carbonyl (C=O) groups excluding carboxylic acids is 1. The lowest BCUT2D eigenvalue weighted by Crippen LogP contribution is -2.31. The summed E-state index contributed by atoms with van der Waals surface area (Å²) in [5, 5.41) is 14.9. The van der Waals surface area contributed by atoms with E-state index in [1.165, 1.54) is 16.8 Å². The Morgan fingerprint density at radius 2 is 1.63 bits per heavy atom. The third-order valence-electron chi connectivity index (χ3n) is 4.90. The average molecular weight is 412 g/mol. The van der Waals surface area contributed by atoms with Crippen molar-refractivity contribution in [1.82, 2.24) is 9.99 Å². The smallest absolute Gasteiger partial charge is 0.276 e. The largest absolute Gasteiger partial charge is 0.507 e. The van der Waals surface area contributed by atoms with Crippen molar-refractivity contribution in [3.8, 4) is 5.75 Å². The molecule has 0 aliphatic rings. The van der Waals surface area contributed by atoms with E-state index < -0.39 is 5.91 Å². The topological polar surface area (TPSA) is 83.7 Å². The Labute approximate surface area is 178 Å². The number of aromatic hydroxyl groups is 1. The maximum atomic E-state index is 12.5. The molecule has 0 saturated heterocycles. The number of pyridine rings is 1. The Balaban J connectivity index is 2.36. The Morgan fingerprint density at radius 3 is 2.10 bits per heavy atom. The molecule has 0 bridgehead atoms. The van der Waals surface area contributed by atoms with Crippen molar-refractivity contribution in [3.05, 3.63) is 63.1 Å². The molecule has 2 aromatic rings. The lowest BCUT2D eigenvalue weighted by molar-refractivity contribution is 0.0953. The number of hydrogen-bond acceptors (Lipinski definition) is 4. The van der Waals surface area contributed by atoms with Crippen LogP contribution in [0.15, 0.2) is 40.4 Å². The van der Waals surface area contributed by atoms with E-state index in [1.807, 2.05) is 67.5 Å². The molecule has 0 unspecified atom stereocenters. The van der Waals surface area contributed by atoms with Crippen LogP contribution in [-0.2, 0) is 10.8 Å². The number of nitrogens with one attached hydrogen (secondary N) is 1. The first-order valence-corrected chi connectivity index (χ1v) is 10.2. The maximum Gasteiger partial charge on any atom is 0.276 e. The van der Waals surface area contributed by atoms with E-state index in [1.54, 1.807) is 12.3 Å². The predicted octanol–water partition coefficient (Wildman–Crippen LogP) is 4.49. The summed E-state index contributed by atoms with van der Waals surface area (Å²) >= 11 is 0. The molecule has 162 valence electrons. The van der Waals surface area contributed by atoms with Gasteiger partial charge in [0, 0.05) is 23.4 Å². The van der Waals surface area contributed by atoms with E-state index in [9.17, 15) is 14.7 Å². The third-order valence-corrected chi connectivity index (χ3v) is 4.90. The van der Waals surface area contributed by atoms with Crippen LogP contribution < -0.4 is 11.0 Å². The summed E-state index contributed by atoms with van der Waals surface area (Å²) in [6.07, 6.45) is 3.19. The molecule has 6 heteroatoms. The molecular weight excluding hydrogens is 378 g/mol. The van der Waals surface area contributed by atoms with E-state index >= 15 is 0 Å². The standard InChI is InChI=1S/C24H33N3O3/c1-15(2)27-11-9-10-17(22(27)30)21(29)26-25-14-16-12-18(23(3,4)5)20(28)19(13-16)24(6,7)8/h9-15,28H,1-8H3,(H,26,29)/b25-14-. The molecule has 0 saturated carbocycles. The summed E-state index contributed by atoms with van der Waals surface area (Å²) in [5.41, 5.74) is 3.99. The number of phenols is 1. The average Bonchev–Trinajstić information content (AvgIpc) is 2.60. The van der Waals surface area contributed by atoms with Gasteiger partial charge in [0.15, 0.2) is 0 Å². The maximum absolute atomic E-state index is 12.5. The summed E-state index contributed by atoms with van der Waals surface area (Å²) in [7, 11) is 0. The molecule has 30 heavy (non-hydrogen) atoms. The number of rotatable bonds is 4. The van der Waals surface area contributed by atoms with Crippen molar-refractivity contribution in [2.75, 3.05) is 0 Å². The second-order valence-electron chi connectivity index (χ2n) is 9.89. The van der Waals surface area contributed by atoms with Gasteiger partial charge in [-0.3, -0.25) is 9.59 Å². The molecule has 0 spiro atoms. The lowest BCUT2D eigenvalue weighted by Gasteiger charge is -2.27. The number of phenolic OH excluding ortho intramolecular Hbond substituents is 1. The number of hydrazone groups is 1. The molecule has 1 aromatic carbocycles. The Hall–Kier alpha value is -2.89. The Kier molecular flexibility index (Phi) is 6.60. The van der Waals surface area contributed by atoms with Gasteiger partial charge in [-0.1, -0.05) is 41.5 Å². The van der Waals surface area contributed by atoms with Crippen LogP contribution in [0.3, 0.4) is 0 Å². The molecule has 0 fully saturated rings. The van der Waals surface area contributed by atoms with Crippen molar-refractivity contribution >= 4 is 12.1 Å². The minimum absolute atomic E-state index is 0.0415. The number of hydrogen-bond donors (Lipinski definition) is 2. The van der Waals surface area contributed by atoms with Crippen molar-refractivity contribution < 1.29 is 9.90 Å². The highest BCUT2D eigenvalue weighted by Crippen LogP contribution is 2.39. The molecule has 1 amide bonds. The van der Waals surface area contributed by atoms with Gasteiger partial charge >= 0.3 is 0 Å². The zero-order valence-corrected chi connectivity index (χ0v) is 19.2. The molecule has 1 aromatic heterocycles. The molecule has 0 aliphatic heterocycles. The van der Waals surface area contributed by atoms with Crippen LogP contribution in [0.4, 0.5) is 0 Å². The van der Waals surface area contributed by atoms with Crippen LogP contribution in [-0.4, -0.2) is 21.8 Å². The first-order chi connectivity index (χ1) is 13.7. The summed E-state index contributed by atoms with van der Waals surface area (Å²) in [4.78, 5) is 24.9. The van der Waals surface area contributed by atoms with E-state index in [-0.39, 0.29) is 33.7 Å². The highest BCUT2D eigenvalue weighted by molar-refractivity contribution is 5.94. The van der Waals surface area contributed by atoms with Gasteiger partial charge in [-0.15, -0.1) is 0 Å². The van der Waals surface area contributed by atoms with E-state index in [0.717, 1.165) is 16.7 Å². The number of amides is 1. The minimum Gasteiger partial charge on any atom is -0.507 e. The van der Waals surface area contributed by atoms with Gasteiger partial charge in [0.1, 0.15) is 11.3 Å². The van der Waals surface area contributed by atoms with Crippen molar-refractivity contribution in [2.24, 2.45) is 5.10 Å². The first kappa shape index (κ1) is 23.4. The normalized spacial score (nSPS) is 12.6. The predicted molar refractivity (Wildman–Crippen MR) is 122 cm³/mol. The molecule has 2 N–H and O–H groups in total. The lowest BCUT2D eigenvalue weighted by atomic mass is 9.78. The van der Waals surface area contributed by atoms with Gasteiger partial charge in [0.2, 0.25) is 0 Å². The van der Waals surface area contributed by atoms with Crippen LogP contribution in [0.25, 0.3) is 0 Å². The first-order valence-electron chi connectivity index (χ1n) is 10.2. The third kappa shape index (κ3) is 5.17. The van der Waals surface area contributed by atoms with Crippen LogP contribution in [0.1, 0.15) is 88.5 Å². The quantitative estimate of drug-likeness (QED) is 0.574. The molecule has 0 atom stereocenters. The van der Waals surface area contributed by atoms with Crippen LogP contribution in [0.2, 0.25) is 0 Å². The SMILES string of the molecule is CC(C)n1cccc(C(=O)N/N=C\c2cc(C(C)(C)C)c(O)c(C(C)(C)C)c2)c1=O. The number of carbonyl (C=O) groups is 1. The zero-order chi connectivity index (χ0) is 22.9. The van der Waals surface area contributed by atoms with Crippen LogP contribution >= 0.6 is 0 Å². The number of nitrogens with zero attached hydrogens (tertiary/aromatic N) is 2. The molecule has 0 aliphatic carbocycles. The van der Waals surface area contributed by atoms with Gasteiger partial charge in [-0.25, -0.2) is 5.43 Å². The summed E-state index contributed by atoms with van der Waals surface area (Å²) in [6.45, 7) is 16.0. The fourth-order valence-corrected chi connectivity index (χ4v) is 3.19. The van der Waals surface area contributed by atoms with Crippen molar-refractivity contribution in [1.29, 1.82) is 0 Å². The highest BCUT2D eigenvalue weighted by atomic mass is 16.3. The number of aromatic nitrogens is 1. The summed E-state index contributed by atoms with van der Waals surface area (Å²) < 4.78 is 1.50. The zero-order valence-electron chi connectivity index (χ0n) is 19.2. The van der Waals surface area contributed by atoms with Crippen molar-refractivity contribution in [2.45, 2.75) is 72.3 Å². The molecule has 1 heterocycles. The van der Waals surface area contributed by atoms with Gasteiger partial charge in [0.05, 0.1) is 6.21 Å². The second-order valence-corrected chi connectivity index (χ2v) is 9.89. The monoisotopic (exact) mass is 411 g/mol. The van der Waals surface area contributed by atoms with E-state index in [4.69, 9.17) is 0 Å². The van der Waals surface area contributed by atoms with Gasteiger partial charge in [-0.05, 0) is 54.5 Å². The highest BCUT2D eigenvalue weighted by Gasteiger charge is 2.26. The van der Waals surface area contributed by atoms with E-state index in [0.29, 0.717) is 0 Å². The number of benzene rings is 1. The van der Waals surface area contributed by atoms with E-state index in [2.05, 4.69) is 10.5 Å². The summed E-state index contributed by atoms with van der Waals surface area (Å²) in [5.74, 6) is -0.271. The molecule has 2 rings (SSSR count). The Bertz CT molecular complexity index is 984. The molecular formula is C24H33N3O3. The second kappa shape index (κ2) is 8.46. The Morgan fingerprint density at radius 1 is 1.10 bits per heavy atom. The van der Waals surface area contributed by atoms with Crippen LogP contribution in [0.5, 0.6) is 5.75 Å². The van der Waals surface area contributed by atoms with Crippen LogP contribution in [0, 0.1) is 0 Å². The molecule has 0 radical (unpaired) electrons. The fraction of sp³-hybridized carbons (Fsp3) is 0.458. The van der Waals surface area contributed by atoms with Gasteiger partial charge in [-0.2, -0.15) is 5.10 Å². The van der Waals surface area contributed by atoms with Crippen molar-refractivity contribution in [3.63, 3.8) is 0 Å².